The van der Waals surface area contributed by atoms with E-state index in [2.05, 4.69) is 9.88 Å². The van der Waals surface area contributed by atoms with Gasteiger partial charge in [-0.1, -0.05) is 18.2 Å². The Morgan fingerprint density at radius 1 is 1.13 bits per heavy atom. The smallest absolute Gasteiger partial charge is 0.417 e. The first kappa shape index (κ1) is 14.1. The molecule has 5 nitrogen and oxygen atoms in total. The van der Waals surface area contributed by atoms with Gasteiger partial charge in [0.25, 0.3) is 0 Å². The van der Waals surface area contributed by atoms with E-state index in [0.717, 1.165) is 43.6 Å². The Bertz CT molecular complexity index is 910. The molecule has 0 atom stereocenters. The van der Waals surface area contributed by atoms with Gasteiger partial charge in [0, 0.05) is 25.2 Å². The highest BCUT2D eigenvalue weighted by molar-refractivity contribution is 5.75. The van der Waals surface area contributed by atoms with Crippen molar-refractivity contribution in [1.29, 1.82) is 0 Å². The maximum atomic E-state index is 11.4. The van der Waals surface area contributed by atoms with Gasteiger partial charge in [-0.25, -0.2) is 4.79 Å². The summed E-state index contributed by atoms with van der Waals surface area (Å²) >= 11 is 0. The number of oxazole rings is 1. The number of phenolic OH excluding ortho intramolecular Hbond substituents is 1. The van der Waals surface area contributed by atoms with E-state index in [0.29, 0.717) is 11.3 Å². The fourth-order valence-corrected chi connectivity index (χ4v) is 3.31. The lowest BCUT2D eigenvalue weighted by Gasteiger charge is -2.19. The number of nitrogens with zero attached hydrogens (tertiary/aromatic N) is 1. The third-order valence-electron chi connectivity index (χ3n) is 4.51. The van der Waals surface area contributed by atoms with Crippen molar-refractivity contribution in [3.05, 3.63) is 63.6 Å². The lowest BCUT2D eigenvalue weighted by Crippen LogP contribution is -2.26. The Labute approximate surface area is 133 Å². The van der Waals surface area contributed by atoms with E-state index >= 15 is 0 Å². The molecule has 0 aliphatic carbocycles. The van der Waals surface area contributed by atoms with Gasteiger partial charge in [-0.05, 0) is 42.2 Å². The Hall–Kier alpha value is -2.53. The van der Waals surface area contributed by atoms with Crippen LogP contribution in [-0.2, 0) is 19.4 Å². The van der Waals surface area contributed by atoms with Gasteiger partial charge in [-0.15, -0.1) is 0 Å². The molecule has 2 heterocycles. The van der Waals surface area contributed by atoms with Crippen LogP contribution in [0.3, 0.4) is 0 Å². The molecule has 0 spiro atoms. The molecule has 5 heteroatoms. The van der Waals surface area contributed by atoms with Crippen molar-refractivity contribution in [1.82, 2.24) is 9.88 Å². The minimum Gasteiger partial charge on any atom is -0.508 e. The molecule has 0 fully saturated rings. The van der Waals surface area contributed by atoms with E-state index in [1.807, 2.05) is 30.3 Å². The van der Waals surface area contributed by atoms with Gasteiger partial charge >= 0.3 is 5.76 Å². The van der Waals surface area contributed by atoms with Crippen LogP contribution >= 0.6 is 0 Å². The highest BCUT2D eigenvalue weighted by Gasteiger charge is 2.16. The van der Waals surface area contributed by atoms with Crippen molar-refractivity contribution in [2.24, 2.45) is 0 Å². The summed E-state index contributed by atoms with van der Waals surface area (Å²) in [5.41, 5.74) is 4.94. The Morgan fingerprint density at radius 2 is 1.96 bits per heavy atom. The van der Waals surface area contributed by atoms with Gasteiger partial charge in [-0.3, -0.25) is 9.88 Å². The summed E-state index contributed by atoms with van der Waals surface area (Å²) < 4.78 is 5.28. The van der Waals surface area contributed by atoms with Crippen molar-refractivity contribution in [2.45, 2.75) is 19.4 Å². The number of hydrogen-bond acceptors (Lipinski definition) is 4. The molecule has 1 aliphatic heterocycles. The molecule has 0 unspecified atom stereocenters. The molecule has 0 saturated heterocycles. The van der Waals surface area contributed by atoms with Gasteiger partial charge < -0.3 is 9.52 Å². The van der Waals surface area contributed by atoms with Crippen LogP contribution < -0.4 is 5.76 Å². The van der Waals surface area contributed by atoms with Gasteiger partial charge in [0.1, 0.15) is 5.75 Å². The maximum Gasteiger partial charge on any atom is 0.417 e. The van der Waals surface area contributed by atoms with E-state index in [1.54, 1.807) is 6.07 Å². The Morgan fingerprint density at radius 3 is 2.83 bits per heavy atom. The summed E-state index contributed by atoms with van der Waals surface area (Å²) in [5.74, 6) is -0.0812. The van der Waals surface area contributed by atoms with Crippen molar-refractivity contribution in [3.63, 3.8) is 0 Å². The van der Waals surface area contributed by atoms with Crippen molar-refractivity contribution < 1.29 is 9.52 Å². The summed E-state index contributed by atoms with van der Waals surface area (Å²) in [7, 11) is 0. The van der Waals surface area contributed by atoms with Crippen LogP contribution in [0.2, 0.25) is 0 Å². The molecule has 2 aromatic carbocycles. The first-order chi connectivity index (χ1) is 11.2. The number of hydrogen-bond donors (Lipinski definition) is 2. The molecule has 1 aromatic heterocycles. The number of rotatable bonds is 2. The topological polar surface area (TPSA) is 69.5 Å². The monoisotopic (exact) mass is 310 g/mol. The molecule has 23 heavy (non-hydrogen) atoms. The number of nitrogens with one attached hydrogen (secondary N) is 1. The minimum absolute atomic E-state index is 0.330. The molecule has 0 saturated carbocycles. The van der Waals surface area contributed by atoms with E-state index in [9.17, 15) is 9.90 Å². The van der Waals surface area contributed by atoms with Crippen LogP contribution in [0.5, 0.6) is 5.75 Å². The van der Waals surface area contributed by atoms with E-state index in [4.69, 9.17) is 4.42 Å². The summed E-state index contributed by atoms with van der Waals surface area (Å²) in [6, 6.07) is 11.4. The molecule has 2 N–H and O–H groups in total. The predicted molar refractivity (Wildman–Crippen MR) is 87.6 cm³/mol. The zero-order valence-corrected chi connectivity index (χ0v) is 12.7. The number of para-hydroxylation sites is 1. The first-order valence-corrected chi connectivity index (χ1v) is 7.83. The van der Waals surface area contributed by atoms with Crippen LogP contribution in [0, 0.1) is 0 Å². The summed E-state index contributed by atoms with van der Waals surface area (Å²) in [6.07, 6.45) is 1.87. The average Bonchev–Trinajstić information content (AvgIpc) is 2.81. The normalized spacial score (nSPS) is 15.5. The standard InChI is InChI=1S/C18H18N2O3/c21-15-5-4-12-6-8-20(9-7-13(12)10-15)11-14-2-1-3-16-17(14)23-18(22)19-16/h1-5,10,21H,6-9,11H2,(H,19,22). The molecule has 1 aliphatic rings. The van der Waals surface area contributed by atoms with Crippen LogP contribution in [0.15, 0.2) is 45.6 Å². The summed E-state index contributed by atoms with van der Waals surface area (Å²) in [6.45, 7) is 2.61. The molecular weight excluding hydrogens is 292 g/mol. The Balaban J connectivity index is 1.57. The third kappa shape index (κ3) is 2.75. The molecule has 4 rings (SSSR count). The van der Waals surface area contributed by atoms with Crippen molar-refractivity contribution in [3.8, 4) is 5.75 Å². The maximum absolute atomic E-state index is 11.4. The predicted octanol–water partition coefficient (Wildman–Crippen LogP) is 2.43. The molecular formula is C18H18N2O3. The third-order valence-corrected chi connectivity index (χ3v) is 4.51. The van der Waals surface area contributed by atoms with Crippen molar-refractivity contribution in [2.75, 3.05) is 13.1 Å². The summed E-state index contributed by atoms with van der Waals surface area (Å²) in [5, 5.41) is 9.64. The zero-order chi connectivity index (χ0) is 15.8. The van der Waals surface area contributed by atoms with Gasteiger partial charge in [0.15, 0.2) is 5.58 Å². The number of benzene rings is 2. The lowest BCUT2D eigenvalue weighted by molar-refractivity contribution is 0.279. The molecule has 0 radical (unpaired) electrons. The first-order valence-electron chi connectivity index (χ1n) is 7.83. The quantitative estimate of drug-likeness (QED) is 0.763. The second-order valence-corrected chi connectivity index (χ2v) is 6.04. The van der Waals surface area contributed by atoms with Crippen LogP contribution in [0.25, 0.3) is 11.1 Å². The van der Waals surface area contributed by atoms with Crippen molar-refractivity contribution >= 4 is 11.1 Å². The number of fused-ring (bicyclic) bond motifs is 2. The number of aromatic hydroxyl groups is 1. The number of aromatic amines is 1. The van der Waals surface area contributed by atoms with Crippen LogP contribution in [-0.4, -0.2) is 28.1 Å². The van der Waals surface area contributed by atoms with E-state index in [1.165, 1.54) is 11.1 Å². The van der Waals surface area contributed by atoms with Gasteiger partial charge in [0.2, 0.25) is 0 Å². The van der Waals surface area contributed by atoms with Gasteiger partial charge in [0.05, 0.1) is 5.52 Å². The SMILES string of the molecule is O=c1[nH]c2cccc(CN3CCc4ccc(O)cc4CC3)c2o1. The lowest BCUT2D eigenvalue weighted by atomic mass is 10.0. The van der Waals surface area contributed by atoms with Crippen LogP contribution in [0.1, 0.15) is 16.7 Å². The molecule has 0 bridgehead atoms. The molecule has 118 valence electrons. The van der Waals surface area contributed by atoms with Crippen LogP contribution in [0.4, 0.5) is 0 Å². The highest BCUT2D eigenvalue weighted by atomic mass is 16.4. The minimum atomic E-state index is -0.411. The second kappa shape index (κ2) is 5.59. The van der Waals surface area contributed by atoms with Gasteiger partial charge in [-0.2, -0.15) is 0 Å². The largest absolute Gasteiger partial charge is 0.508 e. The second-order valence-electron chi connectivity index (χ2n) is 6.04. The summed E-state index contributed by atoms with van der Waals surface area (Å²) in [4.78, 5) is 16.5. The average molecular weight is 310 g/mol. The number of H-pyrrole nitrogens is 1. The zero-order valence-electron chi connectivity index (χ0n) is 12.7. The number of aromatic nitrogens is 1. The fraction of sp³-hybridized carbons (Fsp3) is 0.278. The molecule has 3 aromatic rings. The van der Waals surface area contributed by atoms with E-state index < -0.39 is 5.76 Å². The Kier molecular flexibility index (Phi) is 3.42. The number of phenols is 1. The fourth-order valence-electron chi connectivity index (χ4n) is 3.31. The molecule has 0 amide bonds. The van der Waals surface area contributed by atoms with E-state index in [-0.39, 0.29) is 0 Å². The highest BCUT2D eigenvalue weighted by Crippen LogP contribution is 2.23.